The van der Waals surface area contributed by atoms with Crippen molar-refractivity contribution in [3.63, 3.8) is 0 Å². The first kappa shape index (κ1) is 21.3. The molecule has 1 saturated carbocycles. The number of ketones is 1. The molecular formula is C24H29ClO2S. The molecule has 1 fully saturated rings. The SMILES string of the molecule is CCCC(=O)[C@@]1(CC)[C@H](CCc2ccccc2)[C@@]1(Cl)S(=O)c1ccc(C)cc1. The Hall–Kier alpha value is -1.45. The summed E-state index contributed by atoms with van der Waals surface area (Å²) in [6, 6.07) is 17.9. The smallest absolute Gasteiger partial charge is 0.142 e. The Morgan fingerprint density at radius 1 is 1.07 bits per heavy atom. The summed E-state index contributed by atoms with van der Waals surface area (Å²) in [6.07, 6.45) is 3.53. The predicted octanol–water partition coefficient (Wildman–Crippen LogP) is 6.07. The van der Waals surface area contributed by atoms with Crippen molar-refractivity contribution in [2.45, 2.75) is 62.0 Å². The molecule has 0 aliphatic heterocycles. The first-order valence-electron chi connectivity index (χ1n) is 10.2. The van der Waals surface area contributed by atoms with Crippen molar-refractivity contribution in [1.82, 2.24) is 0 Å². The van der Waals surface area contributed by atoms with Gasteiger partial charge in [-0.05, 0) is 50.3 Å². The van der Waals surface area contributed by atoms with E-state index in [-0.39, 0.29) is 11.7 Å². The summed E-state index contributed by atoms with van der Waals surface area (Å²) in [4.78, 5) is 13.9. The molecule has 0 bridgehead atoms. The van der Waals surface area contributed by atoms with Gasteiger partial charge in [0, 0.05) is 17.2 Å². The third kappa shape index (κ3) is 3.48. The van der Waals surface area contributed by atoms with Gasteiger partial charge in [0.2, 0.25) is 0 Å². The van der Waals surface area contributed by atoms with E-state index in [0.717, 1.165) is 24.8 Å². The summed E-state index contributed by atoms with van der Waals surface area (Å²) >= 11 is 7.13. The monoisotopic (exact) mass is 416 g/mol. The maximum Gasteiger partial charge on any atom is 0.142 e. The van der Waals surface area contributed by atoms with Crippen LogP contribution < -0.4 is 0 Å². The van der Waals surface area contributed by atoms with Gasteiger partial charge in [-0.2, -0.15) is 0 Å². The van der Waals surface area contributed by atoms with Crippen molar-refractivity contribution < 1.29 is 9.00 Å². The number of carbonyl (C=O) groups is 1. The molecule has 2 aromatic rings. The lowest BCUT2D eigenvalue weighted by molar-refractivity contribution is -0.125. The highest BCUT2D eigenvalue weighted by Gasteiger charge is 2.80. The molecule has 0 heterocycles. The molecule has 150 valence electrons. The largest absolute Gasteiger partial charge is 0.299 e. The van der Waals surface area contributed by atoms with Gasteiger partial charge in [0.05, 0.1) is 16.2 Å². The molecule has 28 heavy (non-hydrogen) atoms. The van der Waals surface area contributed by atoms with Crippen LogP contribution in [0.1, 0.15) is 50.7 Å². The van der Waals surface area contributed by atoms with E-state index in [9.17, 15) is 9.00 Å². The van der Waals surface area contributed by atoms with Crippen LogP contribution in [0.5, 0.6) is 0 Å². The van der Waals surface area contributed by atoms with Crippen LogP contribution in [0.3, 0.4) is 0 Å². The van der Waals surface area contributed by atoms with Crippen molar-refractivity contribution in [3.8, 4) is 0 Å². The Kier molecular flexibility index (Phi) is 6.46. The van der Waals surface area contributed by atoms with Crippen LogP contribution in [-0.2, 0) is 22.0 Å². The zero-order valence-corrected chi connectivity index (χ0v) is 18.5. The number of halogens is 1. The minimum atomic E-state index is -1.43. The zero-order chi connectivity index (χ0) is 20.4. The number of aryl methyl sites for hydroxylation is 2. The second-order valence-corrected chi connectivity index (χ2v) is 10.3. The number of alkyl halides is 1. The molecule has 4 heteroatoms. The molecule has 0 aromatic heterocycles. The maximum atomic E-state index is 13.6. The summed E-state index contributed by atoms with van der Waals surface area (Å²) < 4.78 is 12.6. The van der Waals surface area contributed by atoms with Gasteiger partial charge in [0.1, 0.15) is 9.99 Å². The van der Waals surface area contributed by atoms with Crippen LogP contribution in [0.25, 0.3) is 0 Å². The molecule has 0 saturated heterocycles. The Bertz CT molecular complexity index is 849. The number of carbonyl (C=O) groups excluding carboxylic acids is 1. The highest BCUT2D eigenvalue weighted by molar-refractivity contribution is 7.88. The van der Waals surface area contributed by atoms with Gasteiger partial charge in [-0.15, -0.1) is 11.6 Å². The fourth-order valence-corrected chi connectivity index (χ4v) is 7.43. The van der Waals surface area contributed by atoms with E-state index >= 15 is 0 Å². The quantitative estimate of drug-likeness (QED) is 0.465. The third-order valence-electron chi connectivity index (χ3n) is 6.17. The molecule has 2 nitrogen and oxygen atoms in total. The number of hydrogen-bond donors (Lipinski definition) is 0. The lowest BCUT2D eigenvalue weighted by Crippen LogP contribution is -2.27. The van der Waals surface area contributed by atoms with Crippen LogP contribution >= 0.6 is 11.6 Å². The lowest BCUT2D eigenvalue weighted by atomic mass is 9.90. The number of rotatable bonds is 9. The highest BCUT2D eigenvalue weighted by atomic mass is 35.5. The summed E-state index contributed by atoms with van der Waals surface area (Å²) in [5, 5.41) is 0. The third-order valence-corrected chi connectivity index (χ3v) is 9.08. The normalized spacial score (nSPS) is 27.4. The Labute approximate surface area is 176 Å². The molecule has 0 spiro atoms. The van der Waals surface area contributed by atoms with E-state index in [1.807, 2.05) is 63.2 Å². The second-order valence-electron chi connectivity index (χ2n) is 7.80. The fourth-order valence-electron chi connectivity index (χ4n) is 4.58. The van der Waals surface area contributed by atoms with Gasteiger partial charge in [-0.1, -0.05) is 61.9 Å². The number of benzene rings is 2. The number of Topliss-reactive ketones (excluding diaryl/α,β-unsaturated/α-hetero) is 1. The van der Waals surface area contributed by atoms with Crippen LogP contribution in [0.15, 0.2) is 59.5 Å². The van der Waals surface area contributed by atoms with Crippen LogP contribution in [0.2, 0.25) is 0 Å². The molecule has 0 amide bonds. The van der Waals surface area contributed by atoms with Crippen LogP contribution in [-0.4, -0.2) is 14.2 Å². The Morgan fingerprint density at radius 2 is 1.71 bits per heavy atom. The van der Waals surface area contributed by atoms with Crippen molar-refractivity contribution in [2.75, 3.05) is 0 Å². The van der Waals surface area contributed by atoms with Crippen molar-refractivity contribution in [3.05, 3.63) is 65.7 Å². The molecule has 0 N–H and O–H groups in total. The molecule has 4 atom stereocenters. The summed E-state index contributed by atoms with van der Waals surface area (Å²) in [5.41, 5.74) is 1.64. The van der Waals surface area contributed by atoms with Gasteiger partial charge >= 0.3 is 0 Å². The highest BCUT2D eigenvalue weighted by Crippen LogP contribution is 2.73. The maximum absolute atomic E-state index is 13.6. The summed E-state index contributed by atoms with van der Waals surface area (Å²) in [5.74, 6) is 0.0964. The lowest BCUT2D eigenvalue weighted by Gasteiger charge is -2.18. The van der Waals surface area contributed by atoms with Gasteiger partial charge in [0.15, 0.2) is 0 Å². The summed E-state index contributed by atoms with van der Waals surface area (Å²) in [6.45, 7) is 6.03. The van der Waals surface area contributed by atoms with Crippen molar-refractivity contribution in [1.29, 1.82) is 0 Å². The fraction of sp³-hybridized carbons (Fsp3) is 0.458. The van der Waals surface area contributed by atoms with Gasteiger partial charge < -0.3 is 0 Å². The topological polar surface area (TPSA) is 34.1 Å². The molecule has 1 aliphatic carbocycles. The zero-order valence-electron chi connectivity index (χ0n) is 16.9. The van der Waals surface area contributed by atoms with Gasteiger partial charge in [-0.25, -0.2) is 0 Å². The van der Waals surface area contributed by atoms with Gasteiger partial charge in [-0.3, -0.25) is 9.00 Å². The first-order chi connectivity index (χ1) is 13.4. The van der Waals surface area contributed by atoms with E-state index in [4.69, 9.17) is 11.6 Å². The van der Waals surface area contributed by atoms with E-state index < -0.39 is 20.4 Å². The first-order valence-corrected chi connectivity index (χ1v) is 11.7. The Morgan fingerprint density at radius 3 is 2.29 bits per heavy atom. The number of hydrogen-bond acceptors (Lipinski definition) is 2. The molecule has 1 unspecified atom stereocenters. The van der Waals surface area contributed by atoms with Crippen molar-refractivity contribution in [2.24, 2.45) is 11.3 Å². The minimum Gasteiger partial charge on any atom is -0.299 e. The molecule has 1 aliphatic rings. The van der Waals surface area contributed by atoms with E-state index in [1.165, 1.54) is 5.56 Å². The van der Waals surface area contributed by atoms with E-state index in [1.54, 1.807) is 0 Å². The van der Waals surface area contributed by atoms with Crippen LogP contribution in [0, 0.1) is 18.3 Å². The van der Waals surface area contributed by atoms with Gasteiger partial charge in [0.25, 0.3) is 0 Å². The molecule has 3 rings (SSSR count). The standard InChI is InChI=1S/C24H29ClO2S/c1-4-9-22(26)23(5-2)21(17-14-19-10-7-6-8-11-19)24(23,25)28(27)20-15-12-18(3)13-16-20/h6-8,10-13,15-16,21H,4-5,9,14,17H2,1-3H3/t21-,23+,24+,28?/m0/s1. The molecule has 0 radical (unpaired) electrons. The summed E-state index contributed by atoms with van der Waals surface area (Å²) in [7, 11) is -1.43. The molecular weight excluding hydrogens is 388 g/mol. The Balaban J connectivity index is 1.92. The average molecular weight is 417 g/mol. The average Bonchev–Trinajstić information content (AvgIpc) is 3.27. The minimum absolute atomic E-state index is 0.0759. The van der Waals surface area contributed by atoms with E-state index in [0.29, 0.717) is 17.7 Å². The van der Waals surface area contributed by atoms with Crippen molar-refractivity contribution >= 4 is 28.2 Å². The predicted molar refractivity (Wildman–Crippen MR) is 117 cm³/mol. The molecule has 2 aromatic carbocycles. The van der Waals surface area contributed by atoms with E-state index in [2.05, 4.69) is 12.1 Å². The second kappa shape index (κ2) is 8.51. The van der Waals surface area contributed by atoms with Crippen LogP contribution in [0.4, 0.5) is 0 Å².